The summed E-state index contributed by atoms with van der Waals surface area (Å²) in [6.07, 6.45) is 1.54. The van der Waals surface area contributed by atoms with Crippen LogP contribution in [0.2, 0.25) is 0 Å². The normalized spacial score (nSPS) is 17.3. The largest absolute Gasteiger partial charge is 0.490 e. The summed E-state index contributed by atoms with van der Waals surface area (Å²) < 4.78 is 11.4. The summed E-state index contributed by atoms with van der Waals surface area (Å²) in [4.78, 5) is 5.76. The second-order valence-corrected chi connectivity index (χ2v) is 5.25. The van der Waals surface area contributed by atoms with Crippen LogP contribution in [-0.4, -0.2) is 61.9 Å². The van der Waals surface area contributed by atoms with Crippen LogP contribution in [0.15, 0.2) is 28.5 Å². The zero-order valence-corrected chi connectivity index (χ0v) is 14.2. The van der Waals surface area contributed by atoms with E-state index in [1.165, 1.54) is 6.21 Å². The number of hydroxylamine groups is 2. The summed E-state index contributed by atoms with van der Waals surface area (Å²) in [7, 11) is 0. The second-order valence-electron chi connectivity index (χ2n) is 5.25. The van der Waals surface area contributed by atoms with Crippen LogP contribution >= 0.6 is 0 Å². The molecule has 2 heterocycles. The number of tetrazole rings is 1. The minimum atomic E-state index is -0.492. The fourth-order valence-electron chi connectivity index (χ4n) is 2.12. The Morgan fingerprint density at radius 1 is 1.38 bits per heavy atom. The standard InChI is InChI=1S/C14H18N8O4/c1-3-24-13-6-10(7-16-21-14(15)17-19-20-21)4-5-12(13)25-8-11-9(2)18-26-22(11)23/h4-7,11,23H,3,8H2,1-2H3,(H2,15,17,20)/b16-7+. The van der Waals surface area contributed by atoms with E-state index >= 15 is 0 Å². The van der Waals surface area contributed by atoms with Gasteiger partial charge in [-0.05, 0) is 48.0 Å². The molecule has 0 spiro atoms. The van der Waals surface area contributed by atoms with Crippen molar-refractivity contribution in [1.82, 2.24) is 25.5 Å². The molecule has 138 valence electrons. The smallest absolute Gasteiger partial charge is 0.263 e. The quantitative estimate of drug-likeness (QED) is 0.664. The van der Waals surface area contributed by atoms with Crippen LogP contribution in [0.3, 0.4) is 0 Å². The van der Waals surface area contributed by atoms with Crippen molar-refractivity contribution in [2.24, 2.45) is 10.3 Å². The first-order valence-electron chi connectivity index (χ1n) is 7.76. The highest BCUT2D eigenvalue weighted by atomic mass is 17.0. The van der Waals surface area contributed by atoms with Gasteiger partial charge in [-0.2, -0.15) is 5.10 Å². The van der Waals surface area contributed by atoms with E-state index in [0.717, 1.165) is 10.4 Å². The molecule has 1 unspecified atom stereocenters. The number of rotatable bonds is 7. The first-order chi connectivity index (χ1) is 12.6. The summed E-state index contributed by atoms with van der Waals surface area (Å²) in [5.74, 6) is 1.12. The number of hydrogen-bond donors (Lipinski definition) is 2. The number of ether oxygens (including phenoxy) is 2. The third-order valence-electron chi connectivity index (χ3n) is 3.47. The monoisotopic (exact) mass is 362 g/mol. The van der Waals surface area contributed by atoms with Gasteiger partial charge in [0.25, 0.3) is 5.95 Å². The van der Waals surface area contributed by atoms with Gasteiger partial charge in [0.2, 0.25) is 0 Å². The Kier molecular flexibility index (Phi) is 5.24. The van der Waals surface area contributed by atoms with Crippen molar-refractivity contribution < 1.29 is 19.6 Å². The van der Waals surface area contributed by atoms with Crippen molar-refractivity contribution >= 4 is 17.9 Å². The van der Waals surface area contributed by atoms with Gasteiger partial charge in [-0.25, -0.2) is 0 Å². The minimum Gasteiger partial charge on any atom is -0.490 e. The zero-order chi connectivity index (χ0) is 18.5. The molecule has 0 amide bonds. The van der Waals surface area contributed by atoms with E-state index in [-0.39, 0.29) is 12.6 Å². The molecule has 12 nitrogen and oxygen atoms in total. The molecule has 0 aliphatic carbocycles. The number of nitrogens with zero attached hydrogens (tertiary/aromatic N) is 7. The third-order valence-corrected chi connectivity index (χ3v) is 3.47. The Hall–Kier alpha value is -3.25. The van der Waals surface area contributed by atoms with Crippen LogP contribution in [0, 0.1) is 0 Å². The van der Waals surface area contributed by atoms with Crippen LogP contribution in [0.4, 0.5) is 5.95 Å². The first kappa shape index (κ1) is 17.6. The van der Waals surface area contributed by atoms with E-state index in [0.29, 0.717) is 29.0 Å². The molecule has 26 heavy (non-hydrogen) atoms. The number of hydrogen-bond acceptors (Lipinski definition) is 11. The number of nitrogens with two attached hydrogens (primary N) is 1. The van der Waals surface area contributed by atoms with Gasteiger partial charge in [0.1, 0.15) is 6.61 Å². The molecule has 1 aliphatic heterocycles. The Morgan fingerprint density at radius 3 is 2.88 bits per heavy atom. The summed E-state index contributed by atoms with van der Waals surface area (Å²) >= 11 is 0. The Balaban J connectivity index is 1.73. The fraction of sp³-hybridized carbons (Fsp3) is 0.357. The molecule has 0 saturated carbocycles. The van der Waals surface area contributed by atoms with E-state index < -0.39 is 6.04 Å². The molecular formula is C14H18N8O4. The predicted molar refractivity (Wildman–Crippen MR) is 89.9 cm³/mol. The highest BCUT2D eigenvalue weighted by Crippen LogP contribution is 2.28. The van der Waals surface area contributed by atoms with Crippen LogP contribution in [0.1, 0.15) is 19.4 Å². The molecule has 12 heteroatoms. The van der Waals surface area contributed by atoms with Gasteiger partial charge in [-0.3, -0.25) is 10.1 Å². The van der Waals surface area contributed by atoms with E-state index in [1.807, 2.05) is 6.92 Å². The number of nitrogen functional groups attached to an aromatic ring is 1. The highest BCUT2D eigenvalue weighted by Gasteiger charge is 2.29. The molecule has 0 saturated heterocycles. The van der Waals surface area contributed by atoms with Crippen LogP contribution in [0.5, 0.6) is 11.5 Å². The molecular weight excluding hydrogens is 344 g/mol. The topological polar surface area (TPSA) is 146 Å². The SMILES string of the molecule is CCOc1cc(/C=N/n2nnnc2N)ccc1OCC1C(C)=NON1O. The van der Waals surface area contributed by atoms with Crippen molar-refractivity contribution in [3.8, 4) is 11.5 Å². The van der Waals surface area contributed by atoms with E-state index in [4.69, 9.17) is 15.2 Å². The Labute approximate surface area is 148 Å². The predicted octanol–water partition coefficient (Wildman–Crippen LogP) is 0.296. The average molecular weight is 362 g/mol. The van der Waals surface area contributed by atoms with E-state index in [1.54, 1.807) is 25.1 Å². The summed E-state index contributed by atoms with van der Waals surface area (Å²) in [6.45, 7) is 4.19. The summed E-state index contributed by atoms with van der Waals surface area (Å²) in [6, 6.07) is 4.78. The zero-order valence-electron chi connectivity index (χ0n) is 14.2. The Morgan fingerprint density at radius 2 is 2.23 bits per heavy atom. The molecule has 1 aromatic carbocycles. The third kappa shape index (κ3) is 3.87. The summed E-state index contributed by atoms with van der Waals surface area (Å²) in [5, 5.41) is 28.5. The van der Waals surface area contributed by atoms with Crippen molar-refractivity contribution in [2.75, 3.05) is 18.9 Å². The first-order valence-corrected chi connectivity index (χ1v) is 7.76. The van der Waals surface area contributed by atoms with Crippen molar-refractivity contribution in [3.63, 3.8) is 0 Å². The van der Waals surface area contributed by atoms with Gasteiger partial charge in [0.15, 0.2) is 17.5 Å². The van der Waals surface area contributed by atoms with Crippen molar-refractivity contribution in [3.05, 3.63) is 23.8 Å². The highest BCUT2D eigenvalue weighted by molar-refractivity contribution is 5.87. The lowest BCUT2D eigenvalue weighted by Gasteiger charge is -2.17. The number of oxime groups is 1. The lowest BCUT2D eigenvalue weighted by molar-refractivity contribution is -0.340. The van der Waals surface area contributed by atoms with E-state index in [9.17, 15) is 5.21 Å². The van der Waals surface area contributed by atoms with Gasteiger partial charge in [0, 0.05) is 5.23 Å². The molecule has 0 radical (unpaired) electrons. The number of anilines is 1. The Bertz CT molecular complexity index is 821. The molecule has 1 aromatic heterocycles. The summed E-state index contributed by atoms with van der Waals surface area (Å²) in [5.41, 5.74) is 6.89. The van der Waals surface area contributed by atoms with Gasteiger partial charge in [-0.15, -0.1) is 0 Å². The van der Waals surface area contributed by atoms with Crippen molar-refractivity contribution in [2.45, 2.75) is 19.9 Å². The van der Waals surface area contributed by atoms with Crippen LogP contribution in [-0.2, 0) is 4.94 Å². The number of benzene rings is 1. The van der Waals surface area contributed by atoms with Gasteiger partial charge >= 0.3 is 0 Å². The van der Waals surface area contributed by atoms with Gasteiger partial charge in [0.05, 0.1) is 18.5 Å². The molecule has 3 rings (SSSR count). The maximum Gasteiger partial charge on any atom is 0.263 e. The minimum absolute atomic E-state index is 0.0793. The molecule has 0 fully saturated rings. The lowest BCUT2D eigenvalue weighted by Crippen LogP contribution is -2.36. The lowest BCUT2D eigenvalue weighted by atomic mass is 10.2. The molecule has 3 N–H and O–H groups in total. The second kappa shape index (κ2) is 7.76. The van der Waals surface area contributed by atoms with Crippen LogP contribution in [0.25, 0.3) is 0 Å². The average Bonchev–Trinajstić information content (AvgIpc) is 3.18. The molecule has 0 bridgehead atoms. The van der Waals surface area contributed by atoms with Crippen molar-refractivity contribution in [1.29, 1.82) is 0 Å². The van der Waals surface area contributed by atoms with Gasteiger partial charge in [-0.1, -0.05) is 15.0 Å². The maximum absolute atomic E-state index is 9.58. The fourth-order valence-corrected chi connectivity index (χ4v) is 2.12. The maximum atomic E-state index is 9.58. The molecule has 1 aliphatic rings. The van der Waals surface area contributed by atoms with E-state index in [2.05, 4.69) is 30.7 Å². The molecule has 2 aromatic rings. The van der Waals surface area contributed by atoms with Crippen LogP contribution < -0.4 is 15.2 Å². The number of aromatic nitrogens is 4. The van der Waals surface area contributed by atoms with Gasteiger partial charge < -0.3 is 15.2 Å². The molecule has 1 atom stereocenters.